The van der Waals surface area contributed by atoms with E-state index in [1.807, 2.05) is 19.1 Å². The molecule has 0 saturated heterocycles. The van der Waals surface area contributed by atoms with E-state index in [0.29, 0.717) is 41.5 Å². The molecule has 10 heteroatoms. The zero-order valence-corrected chi connectivity index (χ0v) is 18.2. The largest absolute Gasteiger partial charge is 0.493 e. The summed E-state index contributed by atoms with van der Waals surface area (Å²) in [6, 6.07) is 5.52. The van der Waals surface area contributed by atoms with Crippen LogP contribution in [0.2, 0.25) is 0 Å². The van der Waals surface area contributed by atoms with Crippen LogP contribution in [0.25, 0.3) is 10.2 Å². The Labute approximate surface area is 182 Å². The van der Waals surface area contributed by atoms with Crippen molar-refractivity contribution in [1.29, 1.82) is 0 Å². The molecule has 0 aliphatic heterocycles. The van der Waals surface area contributed by atoms with Crippen molar-refractivity contribution in [3.05, 3.63) is 50.9 Å². The van der Waals surface area contributed by atoms with Crippen molar-refractivity contribution in [1.82, 2.24) is 14.9 Å². The Hall–Kier alpha value is -3.40. The van der Waals surface area contributed by atoms with Crippen LogP contribution in [0, 0.1) is 0 Å². The number of ether oxygens (including phenoxy) is 2. The summed E-state index contributed by atoms with van der Waals surface area (Å²) in [5.41, 5.74) is 0.343. The molecule has 0 atom stereocenters. The van der Waals surface area contributed by atoms with Gasteiger partial charge >= 0.3 is 5.97 Å². The molecule has 0 aliphatic carbocycles. The Morgan fingerprint density at radius 3 is 2.61 bits per heavy atom. The number of nitrogens with zero attached hydrogens (tertiary/aromatic N) is 2. The van der Waals surface area contributed by atoms with Gasteiger partial charge in [-0.15, -0.1) is 11.3 Å². The Balaban J connectivity index is 1.73. The molecule has 1 aromatic carbocycles. The fraction of sp³-hybridized carbons (Fsp3) is 0.333. The van der Waals surface area contributed by atoms with Gasteiger partial charge in [-0.2, -0.15) is 0 Å². The maximum Gasteiger partial charge on any atom is 0.337 e. The molecule has 3 rings (SSSR count). The van der Waals surface area contributed by atoms with Gasteiger partial charge in [-0.1, -0.05) is 13.0 Å². The van der Waals surface area contributed by atoms with E-state index in [1.165, 1.54) is 9.95 Å². The molecule has 2 N–H and O–H groups in total. The van der Waals surface area contributed by atoms with Crippen LogP contribution in [0.15, 0.2) is 28.4 Å². The number of carboxylic acids is 1. The number of hydrogen-bond acceptors (Lipinski definition) is 7. The molecule has 0 fully saturated rings. The molecule has 0 saturated carbocycles. The van der Waals surface area contributed by atoms with Crippen LogP contribution in [-0.4, -0.2) is 47.3 Å². The number of carbonyl (C=O) groups is 2. The summed E-state index contributed by atoms with van der Waals surface area (Å²) in [7, 11) is 3.12. The number of methoxy groups -OCH3 is 2. The van der Waals surface area contributed by atoms with Gasteiger partial charge in [0.1, 0.15) is 17.2 Å². The van der Waals surface area contributed by atoms with Crippen LogP contribution in [0.3, 0.4) is 0 Å². The van der Waals surface area contributed by atoms with Crippen molar-refractivity contribution >= 4 is 33.4 Å². The summed E-state index contributed by atoms with van der Waals surface area (Å²) in [6.45, 7) is 1.95. The molecule has 0 bridgehead atoms. The summed E-state index contributed by atoms with van der Waals surface area (Å²) in [4.78, 5) is 41.6. The number of amides is 1. The van der Waals surface area contributed by atoms with E-state index in [0.717, 1.165) is 16.9 Å². The third kappa shape index (κ3) is 4.69. The molecule has 2 aromatic heterocycles. The number of thiophene rings is 1. The maximum atomic E-state index is 12.9. The fourth-order valence-electron chi connectivity index (χ4n) is 3.24. The average Bonchev–Trinajstić information content (AvgIpc) is 3.20. The Bertz CT molecular complexity index is 1180. The topological polar surface area (TPSA) is 120 Å². The lowest BCUT2D eigenvalue weighted by Gasteiger charge is -2.12. The zero-order valence-electron chi connectivity index (χ0n) is 17.4. The smallest absolute Gasteiger partial charge is 0.337 e. The lowest BCUT2D eigenvalue weighted by atomic mass is 10.1. The molecule has 9 nitrogen and oxygen atoms in total. The quantitative estimate of drug-likeness (QED) is 0.517. The van der Waals surface area contributed by atoms with Crippen LogP contribution in [0.5, 0.6) is 11.5 Å². The standard InChI is InChI=1S/C21H23N3O6S/c1-4-16-23-19-18(13(11-31-19)21(27)28)20(26)24(16)10-17(25)22-8-7-12-5-6-14(29-2)15(9-12)30-3/h5-6,9,11H,4,7-8,10H2,1-3H3,(H,22,25)(H,27,28). The highest BCUT2D eigenvalue weighted by molar-refractivity contribution is 7.17. The number of aryl methyl sites for hydroxylation is 1. The van der Waals surface area contributed by atoms with E-state index in [-0.39, 0.29) is 23.4 Å². The maximum absolute atomic E-state index is 12.9. The molecule has 0 radical (unpaired) electrons. The SMILES string of the molecule is CCc1nc2scc(C(=O)O)c2c(=O)n1CC(=O)NCCc1ccc(OC)c(OC)c1. The zero-order chi connectivity index (χ0) is 22.5. The summed E-state index contributed by atoms with van der Waals surface area (Å²) < 4.78 is 11.7. The third-order valence-corrected chi connectivity index (χ3v) is 5.68. The van der Waals surface area contributed by atoms with Crippen LogP contribution >= 0.6 is 11.3 Å². The molecule has 2 heterocycles. The minimum absolute atomic E-state index is 0.0350. The molecule has 31 heavy (non-hydrogen) atoms. The Morgan fingerprint density at radius 2 is 1.97 bits per heavy atom. The van der Waals surface area contributed by atoms with Crippen molar-refractivity contribution < 1.29 is 24.2 Å². The van der Waals surface area contributed by atoms with Gasteiger partial charge in [0.2, 0.25) is 5.91 Å². The van der Waals surface area contributed by atoms with Gasteiger partial charge in [0.15, 0.2) is 11.5 Å². The molecule has 164 valence electrons. The number of nitrogens with one attached hydrogen (secondary N) is 1. The van der Waals surface area contributed by atoms with Gasteiger partial charge in [-0.25, -0.2) is 9.78 Å². The number of fused-ring (bicyclic) bond motifs is 1. The van der Waals surface area contributed by atoms with Crippen molar-refractivity contribution in [3.63, 3.8) is 0 Å². The minimum atomic E-state index is -1.19. The van der Waals surface area contributed by atoms with E-state index in [4.69, 9.17) is 9.47 Å². The molecule has 1 amide bonds. The summed E-state index contributed by atoms with van der Waals surface area (Å²) >= 11 is 1.11. The number of hydrogen-bond donors (Lipinski definition) is 2. The first kappa shape index (κ1) is 22.3. The normalized spacial score (nSPS) is 10.8. The number of aromatic nitrogens is 2. The number of aromatic carboxylic acids is 1. The molecular weight excluding hydrogens is 422 g/mol. The summed E-state index contributed by atoms with van der Waals surface area (Å²) in [6.07, 6.45) is 0.997. The number of benzene rings is 1. The van der Waals surface area contributed by atoms with Gasteiger partial charge in [-0.05, 0) is 24.1 Å². The minimum Gasteiger partial charge on any atom is -0.493 e. The van der Waals surface area contributed by atoms with Crippen LogP contribution in [0.1, 0.15) is 28.7 Å². The Kier molecular flexibility index (Phi) is 6.91. The second-order valence-electron chi connectivity index (χ2n) is 6.70. The predicted octanol–water partition coefficient (Wildman–Crippen LogP) is 2.09. The average molecular weight is 445 g/mol. The first-order valence-electron chi connectivity index (χ1n) is 9.61. The van der Waals surface area contributed by atoms with E-state index in [2.05, 4.69) is 10.3 Å². The molecule has 0 spiro atoms. The number of rotatable bonds is 9. The lowest BCUT2D eigenvalue weighted by Crippen LogP contribution is -2.35. The number of carboxylic acid groups (broad SMARTS) is 1. The van der Waals surface area contributed by atoms with Crippen LogP contribution in [0.4, 0.5) is 0 Å². The first-order valence-corrected chi connectivity index (χ1v) is 10.5. The summed E-state index contributed by atoms with van der Waals surface area (Å²) in [5.74, 6) is 0.117. The highest BCUT2D eigenvalue weighted by atomic mass is 32.1. The van der Waals surface area contributed by atoms with E-state index < -0.39 is 11.5 Å². The van der Waals surface area contributed by atoms with Gasteiger partial charge in [0.25, 0.3) is 5.56 Å². The van der Waals surface area contributed by atoms with Crippen LogP contribution < -0.4 is 20.3 Å². The van der Waals surface area contributed by atoms with Gasteiger partial charge < -0.3 is 19.9 Å². The van der Waals surface area contributed by atoms with Crippen molar-refractivity contribution in [2.45, 2.75) is 26.3 Å². The van der Waals surface area contributed by atoms with Crippen molar-refractivity contribution in [2.75, 3.05) is 20.8 Å². The molecule has 0 aliphatic rings. The number of carbonyl (C=O) groups excluding carboxylic acids is 1. The third-order valence-electron chi connectivity index (χ3n) is 4.80. The highest BCUT2D eigenvalue weighted by Crippen LogP contribution is 2.27. The van der Waals surface area contributed by atoms with E-state index in [1.54, 1.807) is 20.3 Å². The predicted molar refractivity (Wildman–Crippen MR) is 116 cm³/mol. The fourth-order valence-corrected chi connectivity index (χ4v) is 4.16. The van der Waals surface area contributed by atoms with Gasteiger partial charge in [0, 0.05) is 18.3 Å². The first-order chi connectivity index (χ1) is 14.9. The highest BCUT2D eigenvalue weighted by Gasteiger charge is 2.20. The lowest BCUT2D eigenvalue weighted by molar-refractivity contribution is -0.121. The van der Waals surface area contributed by atoms with Crippen molar-refractivity contribution in [2.24, 2.45) is 0 Å². The second kappa shape index (κ2) is 9.61. The van der Waals surface area contributed by atoms with Gasteiger partial charge in [-0.3, -0.25) is 14.2 Å². The molecule has 3 aromatic rings. The molecular formula is C21H23N3O6S. The van der Waals surface area contributed by atoms with Gasteiger partial charge in [0.05, 0.1) is 25.2 Å². The molecule has 0 unspecified atom stereocenters. The summed E-state index contributed by atoms with van der Waals surface area (Å²) in [5, 5.41) is 13.5. The Morgan fingerprint density at radius 1 is 1.23 bits per heavy atom. The van der Waals surface area contributed by atoms with Crippen LogP contribution in [-0.2, 0) is 24.2 Å². The van der Waals surface area contributed by atoms with E-state index in [9.17, 15) is 19.5 Å². The van der Waals surface area contributed by atoms with Crippen molar-refractivity contribution in [3.8, 4) is 11.5 Å². The second-order valence-corrected chi connectivity index (χ2v) is 7.55. The monoisotopic (exact) mass is 445 g/mol. The van der Waals surface area contributed by atoms with E-state index >= 15 is 0 Å².